The summed E-state index contributed by atoms with van der Waals surface area (Å²) in [5, 5.41) is 0.949. The summed E-state index contributed by atoms with van der Waals surface area (Å²) in [5.41, 5.74) is 3.05. The second-order valence-corrected chi connectivity index (χ2v) is 7.49. The normalized spacial score (nSPS) is 15.2. The number of piperidine rings is 1. The van der Waals surface area contributed by atoms with Gasteiger partial charge in [0.2, 0.25) is 5.13 Å². The van der Waals surface area contributed by atoms with E-state index in [4.69, 9.17) is 4.98 Å². The molecular formula is C21H21N3OS. The van der Waals surface area contributed by atoms with Gasteiger partial charge in [-0.25, -0.2) is 0 Å². The van der Waals surface area contributed by atoms with Crippen molar-refractivity contribution in [2.75, 3.05) is 18.0 Å². The minimum absolute atomic E-state index is 0.107. The number of aromatic nitrogens is 2. The zero-order valence-corrected chi connectivity index (χ0v) is 15.6. The first-order valence-corrected chi connectivity index (χ1v) is 9.73. The lowest BCUT2D eigenvalue weighted by Crippen LogP contribution is -2.36. The fourth-order valence-corrected chi connectivity index (χ4v) is 4.07. The number of rotatable bonds is 4. The Hall–Kier alpha value is -2.53. The van der Waals surface area contributed by atoms with E-state index in [-0.39, 0.29) is 11.7 Å². The van der Waals surface area contributed by atoms with E-state index in [0.29, 0.717) is 0 Å². The molecule has 0 bridgehead atoms. The van der Waals surface area contributed by atoms with Crippen LogP contribution in [0.1, 0.15) is 28.8 Å². The van der Waals surface area contributed by atoms with Crippen molar-refractivity contribution < 1.29 is 4.79 Å². The van der Waals surface area contributed by atoms with Gasteiger partial charge < -0.3 is 4.90 Å². The quantitative estimate of drug-likeness (QED) is 0.635. The monoisotopic (exact) mass is 363 g/mol. The minimum atomic E-state index is 0.107. The maximum Gasteiger partial charge on any atom is 0.205 e. The molecule has 0 aliphatic carbocycles. The highest BCUT2D eigenvalue weighted by atomic mass is 32.1. The Balaban J connectivity index is 1.40. The summed E-state index contributed by atoms with van der Waals surface area (Å²) in [7, 11) is 0. The molecule has 0 unspecified atom stereocenters. The number of hydrogen-bond donors (Lipinski definition) is 0. The first-order chi connectivity index (χ1) is 12.7. The van der Waals surface area contributed by atoms with Crippen LogP contribution in [0.25, 0.3) is 11.4 Å². The number of Topliss-reactive ketones (excluding diaryl/α,β-unsaturated/α-hetero) is 1. The molecule has 4 rings (SSSR count). The Kier molecular flexibility index (Phi) is 4.80. The van der Waals surface area contributed by atoms with Crippen molar-refractivity contribution in [3.05, 3.63) is 65.7 Å². The largest absolute Gasteiger partial charge is 0.347 e. The standard InChI is InChI=1S/C21H21N3OS/c1-15-7-9-16(10-8-15)19(25)17-11-13-24(14-12-17)21-22-20(23-26-21)18-5-3-2-4-6-18/h2-10,17H,11-14H2,1H3. The van der Waals surface area contributed by atoms with Crippen molar-refractivity contribution in [2.24, 2.45) is 5.92 Å². The van der Waals surface area contributed by atoms with Crippen molar-refractivity contribution in [3.8, 4) is 11.4 Å². The zero-order valence-electron chi connectivity index (χ0n) is 14.8. The summed E-state index contributed by atoms with van der Waals surface area (Å²) in [6, 6.07) is 17.9. The maximum atomic E-state index is 12.7. The van der Waals surface area contributed by atoms with Gasteiger partial charge in [-0.05, 0) is 19.8 Å². The number of nitrogens with zero attached hydrogens (tertiary/aromatic N) is 3. The molecule has 1 fully saturated rings. The predicted molar refractivity (Wildman–Crippen MR) is 106 cm³/mol. The van der Waals surface area contributed by atoms with Crippen molar-refractivity contribution in [1.82, 2.24) is 9.36 Å². The van der Waals surface area contributed by atoms with Crippen LogP contribution in [-0.2, 0) is 0 Å². The van der Waals surface area contributed by atoms with Crippen molar-refractivity contribution >= 4 is 22.4 Å². The first-order valence-electron chi connectivity index (χ1n) is 8.95. The molecule has 0 atom stereocenters. The average molecular weight is 363 g/mol. The van der Waals surface area contributed by atoms with Crippen LogP contribution >= 0.6 is 11.5 Å². The molecule has 1 saturated heterocycles. The molecule has 4 nitrogen and oxygen atoms in total. The molecule has 0 N–H and O–H groups in total. The second kappa shape index (κ2) is 7.38. The number of anilines is 1. The number of carbonyl (C=O) groups excluding carboxylic acids is 1. The molecule has 1 aromatic heterocycles. The summed E-state index contributed by atoms with van der Waals surface area (Å²) in [5.74, 6) is 1.16. The number of hydrogen-bond acceptors (Lipinski definition) is 5. The number of benzene rings is 2. The topological polar surface area (TPSA) is 46.1 Å². The van der Waals surface area contributed by atoms with Crippen molar-refractivity contribution in [2.45, 2.75) is 19.8 Å². The molecule has 132 valence electrons. The number of ketones is 1. The first kappa shape index (κ1) is 16.9. The Labute approximate surface area is 157 Å². The van der Waals surface area contributed by atoms with Gasteiger partial charge in [0.05, 0.1) is 0 Å². The molecule has 0 spiro atoms. The van der Waals surface area contributed by atoms with E-state index in [1.54, 1.807) is 0 Å². The predicted octanol–water partition coefficient (Wildman–Crippen LogP) is 4.61. The highest BCUT2D eigenvalue weighted by Crippen LogP contribution is 2.29. The van der Waals surface area contributed by atoms with E-state index in [2.05, 4.69) is 9.27 Å². The summed E-state index contributed by atoms with van der Waals surface area (Å²) < 4.78 is 4.49. The fraction of sp³-hybridized carbons (Fsp3) is 0.286. The average Bonchev–Trinajstić information content (AvgIpc) is 3.19. The lowest BCUT2D eigenvalue weighted by Gasteiger charge is -2.30. The number of aryl methyl sites for hydroxylation is 1. The summed E-state index contributed by atoms with van der Waals surface area (Å²) in [4.78, 5) is 19.6. The Morgan fingerprint density at radius 1 is 1.04 bits per heavy atom. The third-order valence-corrected chi connectivity index (χ3v) is 5.70. The highest BCUT2D eigenvalue weighted by Gasteiger charge is 2.27. The molecule has 0 amide bonds. The van der Waals surface area contributed by atoms with E-state index in [1.165, 1.54) is 17.1 Å². The molecule has 0 saturated carbocycles. The zero-order chi connectivity index (χ0) is 17.9. The van der Waals surface area contributed by atoms with E-state index < -0.39 is 0 Å². The highest BCUT2D eigenvalue weighted by molar-refractivity contribution is 7.09. The SMILES string of the molecule is Cc1ccc(C(=O)C2CCN(c3nc(-c4ccccc4)ns3)CC2)cc1. The number of carbonyl (C=O) groups is 1. The fourth-order valence-electron chi connectivity index (χ4n) is 3.33. The van der Waals surface area contributed by atoms with Crippen LogP contribution in [0, 0.1) is 12.8 Å². The maximum absolute atomic E-state index is 12.7. The van der Waals surface area contributed by atoms with Crippen LogP contribution < -0.4 is 4.90 Å². The Morgan fingerprint density at radius 2 is 1.73 bits per heavy atom. The van der Waals surface area contributed by atoms with Gasteiger partial charge >= 0.3 is 0 Å². The molecule has 26 heavy (non-hydrogen) atoms. The van der Waals surface area contributed by atoms with E-state index in [0.717, 1.165) is 48.0 Å². The summed E-state index contributed by atoms with van der Waals surface area (Å²) in [6.07, 6.45) is 1.74. The van der Waals surface area contributed by atoms with Crippen molar-refractivity contribution in [1.29, 1.82) is 0 Å². The van der Waals surface area contributed by atoms with E-state index in [9.17, 15) is 4.79 Å². The van der Waals surface area contributed by atoms with E-state index >= 15 is 0 Å². The van der Waals surface area contributed by atoms with Crippen LogP contribution in [0.5, 0.6) is 0 Å². The van der Waals surface area contributed by atoms with Gasteiger partial charge in [0.25, 0.3) is 0 Å². The molecule has 2 heterocycles. The molecule has 3 aromatic rings. The lowest BCUT2D eigenvalue weighted by molar-refractivity contribution is 0.0900. The minimum Gasteiger partial charge on any atom is -0.347 e. The van der Waals surface area contributed by atoms with Crippen LogP contribution in [0.15, 0.2) is 54.6 Å². The molecule has 2 aromatic carbocycles. The molecule has 0 radical (unpaired) electrons. The van der Waals surface area contributed by atoms with Crippen molar-refractivity contribution in [3.63, 3.8) is 0 Å². The lowest BCUT2D eigenvalue weighted by atomic mass is 9.89. The molecule has 5 heteroatoms. The molecule has 1 aliphatic heterocycles. The third kappa shape index (κ3) is 3.53. The summed E-state index contributed by atoms with van der Waals surface area (Å²) >= 11 is 1.44. The summed E-state index contributed by atoms with van der Waals surface area (Å²) in [6.45, 7) is 3.75. The van der Waals surface area contributed by atoms with Gasteiger partial charge in [0, 0.05) is 41.7 Å². The molecular weight excluding hydrogens is 342 g/mol. The Morgan fingerprint density at radius 3 is 2.42 bits per heavy atom. The van der Waals surface area contributed by atoms with Gasteiger partial charge in [-0.1, -0.05) is 60.2 Å². The smallest absolute Gasteiger partial charge is 0.205 e. The second-order valence-electron chi connectivity index (χ2n) is 6.76. The van der Waals surface area contributed by atoms with Gasteiger partial charge in [0.15, 0.2) is 11.6 Å². The Bertz CT molecular complexity index is 881. The van der Waals surface area contributed by atoms with Gasteiger partial charge in [0.1, 0.15) is 0 Å². The van der Waals surface area contributed by atoms with E-state index in [1.807, 2.05) is 61.5 Å². The van der Waals surface area contributed by atoms with Crippen LogP contribution in [-0.4, -0.2) is 28.2 Å². The van der Waals surface area contributed by atoms with Crippen LogP contribution in [0.2, 0.25) is 0 Å². The van der Waals surface area contributed by atoms with Gasteiger partial charge in [-0.2, -0.15) is 9.36 Å². The third-order valence-electron chi connectivity index (χ3n) is 4.92. The van der Waals surface area contributed by atoms with Crippen LogP contribution in [0.3, 0.4) is 0 Å². The van der Waals surface area contributed by atoms with Crippen LogP contribution in [0.4, 0.5) is 5.13 Å². The molecule has 1 aliphatic rings. The van der Waals surface area contributed by atoms with Gasteiger partial charge in [-0.3, -0.25) is 4.79 Å². The van der Waals surface area contributed by atoms with Gasteiger partial charge in [-0.15, -0.1) is 0 Å².